The largest absolute Gasteiger partial charge is 0.461 e. The van der Waals surface area contributed by atoms with E-state index in [1.54, 1.807) is 19.1 Å². The fourth-order valence-electron chi connectivity index (χ4n) is 2.14. The Morgan fingerprint density at radius 2 is 1.79 bits per heavy atom. The Morgan fingerprint density at radius 3 is 2.37 bits per heavy atom. The van der Waals surface area contributed by atoms with E-state index in [9.17, 15) is 9.59 Å². The summed E-state index contributed by atoms with van der Waals surface area (Å²) in [5.41, 5.74) is 1.01. The van der Waals surface area contributed by atoms with Crippen LogP contribution in [0.3, 0.4) is 0 Å². The van der Waals surface area contributed by atoms with Gasteiger partial charge in [0.25, 0.3) is 0 Å². The number of carbonyl (C=O) groups excluding carboxylic acids is 2. The molecule has 19 heavy (non-hydrogen) atoms. The molecule has 1 atom stereocenters. The molecule has 2 rings (SSSR count). The molecule has 1 aromatic heterocycles. The van der Waals surface area contributed by atoms with E-state index < -0.39 is 0 Å². The summed E-state index contributed by atoms with van der Waals surface area (Å²) in [4.78, 5) is 23.4. The van der Waals surface area contributed by atoms with Crippen molar-refractivity contribution in [1.29, 1.82) is 0 Å². The fraction of sp³-hybridized carbons (Fsp3) is 0.250. The zero-order valence-corrected chi connectivity index (χ0v) is 10.8. The van der Waals surface area contributed by atoms with Crippen molar-refractivity contribution in [2.24, 2.45) is 0 Å². The minimum atomic E-state index is -0.0868. The molecular formula is C16H16O3. The highest BCUT2D eigenvalue weighted by molar-refractivity contribution is 5.94. The van der Waals surface area contributed by atoms with Gasteiger partial charge in [-0.05, 0) is 30.5 Å². The minimum Gasteiger partial charge on any atom is -0.461 e. The first-order chi connectivity index (χ1) is 9.16. The molecule has 1 aromatic carbocycles. The van der Waals surface area contributed by atoms with Crippen molar-refractivity contribution in [3.63, 3.8) is 0 Å². The molecule has 0 spiro atoms. The van der Waals surface area contributed by atoms with E-state index in [2.05, 4.69) is 0 Å². The van der Waals surface area contributed by atoms with Gasteiger partial charge in [-0.15, -0.1) is 0 Å². The lowest BCUT2D eigenvalue weighted by atomic mass is 9.89. The summed E-state index contributed by atoms with van der Waals surface area (Å²) in [6.45, 7) is 1.55. The van der Waals surface area contributed by atoms with E-state index in [4.69, 9.17) is 4.42 Å². The van der Waals surface area contributed by atoms with Gasteiger partial charge in [-0.25, -0.2) is 0 Å². The van der Waals surface area contributed by atoms with Crippen molar-refractivity contribution >= 4 is 11.6 Å². The predicted molar refractivity (Wildman–Crippen MR) is 72.1 cm³/mol. The van der Waals surface area contributed by atoms with E-state index in [1.165, 1.54) is 6.26 Å². The van der Waals surface area contributed by atoms with Crippen LogP contribution in [0.2, 0.25) is 0 Å². The van der Waals surface area contributed by atoms with Gasteiger partial charge in [0.2, 0.25) is 0 Å². The van der Waals surface area contributed by atoms with Crippen molar-refractivity contribution < 1.29 is 14.0 Å². The Kier molecular flexibility index (Phi) is 4.29. The van der Waals surface area contributed by atoms with E-state index in [1.807, 2.05) is 30.3 Å². The third-order valence-corrected chi connectivity index (χ3v) is 3.03. The lowest BCUT2D eigenvalue weighted by molar-refractivity contribution is -0.117. The molecule has 3 nitrogen and oxygen atoms in total. The molecular weight excluding hydrogens is 240 g/mol. The molecule has 1 unspecified atom stereocenters. The zero-order chi connectivity index (χ0) is 13.7. The van der Waals surface area contributed by atoms with Crippen LogP contribution in [0.5, 0.6) is 0 Å². The third kappa shape index (κ3) is 3.65. The lowest BCUT2D eigenvalue weighted by Crippen LogP contribution is -2.10. The minimum absolute atomic E-state index is 0.0693. The van der Waals surface area contributed by atoms with Crippen LogP contribution < -0.4 is 0 Å². The topological polar surface area (TPSA) is 47.3 Å². The van der Waals surface area contributed by atoms with Crippen LogP contribution in [0, 0.1) is 0 Å². The highest BCUT2D eigenvalue weighted by atomic mass is 16.3. The summed E-state index contributed by atoms with van der Waals surface area (Å²) >= 11 is 0. The number of carbonyl (C=O) groups is 2. The molecule has 0 aliphatic rings. The van der Waals surface area contributed by atoms with Crippen molar-refractivity contribution in [3.05, 3.63) is 60.1 Å². The quantitative estimate of drug-likeness (QED) is 0.742. The van der Waals surface area contributed by atoms with Crippen LogP contribution in [0.25, 0.3) is 0 Å². The number of furan rings is 1. The number of benzene rings is 1. The summed E-state index contributed by atoms with van der Waals surface area (Å²) in [5, 5.41) is 0. The third-order valence-electron chi connectivity index (χ3n) is 3.03. The molecule has 0 bridgehead atoms. The maximum absolute atomic E-state index is 12.1. The van der Waals surface area contributed by atoms with Gasteiger partial charge in [-0.3, -0.25) is 4.79 Å². The van der Waals surface area contributed by atoms with Gasteiger partial charge in [0.05, 0.1) is 6.26 Å². The first kappa shape index (κ1) is 13.3. The molecule has 2 aromatic rings. The van der Waals surface area contributed by atoms with Crippen LogP contribution in [0.15, 0.2) is 53.1 Å². The standard InChI is InChI=1S/C16H16O3/c1-12(17)10-14(13-6-3-2-4-7-13)11-15(18)16-8-5-9-19-16/h2-9,14H,10-11H2,1H3. The monoisotopic (exact) mass is 256 g/mol. The molecule has 0 aliphatic carbocycles. The van der Waals surface area contributed by atoms with Crippen LogP contribution in [-0.4, -0.2) is 11.6 Å². The van der Waals surface area contributed by atoms with Crippen LogP contribution >= 0.6 is 0 Å². The second-order valence-electron chi connectivity index (χ2n) is 4.62. The normalized spacial score (nSPS) is 12.1. The van der Waals surface area contributed by atoms with Gasteiger partial charge in [-0.2, -0.15) is 0 Å². The average molecular weight is 256 g/mol. The van der Waals surface area contributed by atoms with Crippen LogP contribution in [0.1, 0.15) is 41.8 Å². The van der Waals surface area contributed by atoms with Gasteiger partial charge in [-0.1, -0.05) is 30.3 Å². The van der Waals surface area contributed by atoms with E-state index in [-0.39, 0.29) is 23.9 Å². The molecule has 1 heterocycles. The summed E-state index contributed by atoms with van der Waals surface area (Å²) in [6.07, 6.45) is 2.14. The molecule has 0 N–H and O–H groups in total. The van der Waals surface area contributed by atoms with Gasteiger partial charge >= 0.3 is 0 Å². The van der Waals surface area contributed by atoms with Gasteiger partial charge < -0.3 is 9.21 Å². The van der Waals surface area contributed by atoms with Crippen molar-refractivity contribution in [2.75, 3.05) is 0 Å². The fourth-order valence-corrected chi connectivity index (χ4v) is 2.14. The summed E-state index contributed by atoms with van der Waals surface area (Å²) in [7, 11) is 0. The Bertz CT molecular complexity index is 541. The molecule has 0 aliphatic heterocycles. The highest BCUT2D eigenvalue weighted by Crippen LogP contribution is 2.25. The predicted octanol–water partition coefficient (Wildman–Crippen LogP) is 3.62. The van der Waals surface area contributed by atoms with Gasteiger partial charge in [0.15, 0.2) is 11.5 Å². The number of ketones is 2. The molecule has 3 heteroatoms. The molecule has 0 amide bonds. The number of hydrogen-bond donors (Lipinski definition) is 0. The van der Waals surface area contributed by atoms with E-state index in [0.717, 1.165) is 5.56 Å². The number of hydrogen-bond acceptors (Lipinski definition) is 3. The highest BCUT2D eigenvalue weighted by Gasteiger charge is 2.20. The van der Waals surface area contributed by atoms with Crippen LogP contribution in [0.4, 0.5) is 0 Å². The van der Waals surface area contributed by atoms with E-state index >= 15 is 0 Å². The molecule has 98 valence electrons. The number of rotatable bonds is 6. The van der Waals surface area contributed by atoms with E-state index in [0.29, 0.717) is 12.2 Å². The van der Waals surface area contributed by atoms with Gasteiger partial charge in [0.1, 0.15) is 5.78 Å². The van der Waals surface area contributed by atoms with Crippen LogP contribution in [-0.2, 0) is 4.79 Å². The molecule has 0 saturated heterocycles. The van der Waals surface area contributed by atoms with Crippen molar-refractivity contribution in [3.8, 4) is 0 Å². The smallest absolute Gasteiger partial charge is 0.198 e. The maximum Gasteiger partial charge on any atom is 0.198 e. The summed E-state index contributed by atoms with van der Waals surface area (Å²) in [6, 6.07) is 13.0. The van der Waals surface area contributed by atoms with Crippen molar-refractivity contribution in [1.82, 2.24) is 0 Å². The first-order valence-corrected chi connectivity index (χ1v) is 6.28. The lowest BCUT2D eigenvalue weighted by Gasteiger charge is -2.14. The summed E-state index contributed by atoms with van der Waals surface area (Å²) in [5.74, 6) is 0.280. The van der Waals surface area contributed by atoms with Crippen molar-refractivity contribution in [2.45, 2.75) is 25.7 Å². The first-order valence-electron chi connectivity index (χ1n) is 6.28. The Balaban J connectivity index is 2.15. The second kappa shape index (κ2) is 6.14. The Labute approximate surface area is 112 Å². The number of Topliss-reactive ketones (excluding diaryl/α,β-unsaturated/α-hetero) is 2. The Morgan fingerprint density at radius 1 is 1.05 bits per heavy atom. The Hall–Kier alpha value is -2.16. The maximum atomic E-state index is 12.1. The SMILES string of the molecule is CC(=O)CC(CC(=O)c1ccco1)c1ccccc1. The summed E-state index contributed by atoms with van der Waals surface area (Å²) < 4.78 is 5.10. The molecule has 0 saturated carbocycles. The molecule has 0 radical (unpaired) electrons. The second-order valence-corrected chi connectivity index (χ2v) is 4.62. The average Bonchev–Trinajstić information content (AvgIpc) is 2.92. The van der Waals surface area contributed by atoms with Gasteiger partial charge in [0, 0.05) is 12.8 Å². The zero-order valence-electron chi connectivity index (χ0n) is 10.8. The molecule has 0 fully saturated rings.